The molecule has 78 valence electrons. The molecule has 5 heteroatoms. The van der Waals surface area contributed by atoms with Crippen molar-refractivity contribution in [2.24, 2.45) is 0 Å². The fraction of sp³-hybridized carbons (Fsp3) is 0.333. The highest BCUT2D eigenvalue weighted by molar-refractivity contribution is 5.88. The van der Waals surface area contributed by atoms with Gasteiger partial charge in [-0.2, -0.15) is 0 Å². The molecule has 0 aromatic rings. The number of hydrogen-bond acceptors (Lipinski definition) is 4. The summed E-state index contributed by atoms with van der Waals surface area (Å²) in [5.74, 6) is -1.71. The summed E-state index contributed by atoms with van der Waals surface area (Å²) < 4.78 is 9.22. The Balaban J connectivity index is 3.75. The van der Waals surface area contributed by atoms with Crippen molar-refractivity contribution in [3.63, 3.8) is 0 Å². The summed E-state index contributed by atoms with van der Waals surface area (Å²) in [6.45, 7) is 6.42. The first-order chi connectivity index (χ1) is 6.49. The van der Waals surface area contributed by atoms with Crippen molar-refractivity contribution in [1.29, 1.82) is 0 Å². The van der Waals surface area contributed by atoms with Crippen LogP contribution in [0.3, 0.4) is 0 Å². The lowest BCUT2D eigenvalue weighted by Crippen LogP contribution is -2.13. The van der Waals surface area contributed by atoms with Crippen molar-refractivity contribution in [2.75, 3.05) is 20.3 Å². The maximum absolute atomic E-state index is 10.8. The van der Waals surface area contributed by atoms with Crippen LogP contribution in [0.2, 0.25) is 0 Å². The van der Waals surface area contributed by atoms with Gasteiger partial charge >= 0.3 is 11.9 Å². The van der Waals surface area contributed by atoms with E-state index in [1.807, 2.05) is 0 Å². The molecule has 14 heavy (non-hydrogen) atoms. The second-order valence-electron chi connectivity index (χ2n) is 2.50. The molecule has 5 nitrogen and oxygen atoms in total. The Kier molecular flexibility index (Phi) is 5.24. The number of rotatable bonds is 6. The predicted octanol–water partition coefficient (Wildman–Crippen LogP) is 0.373. The Labute approximate surface area is 81.6 Å². The zero-order valence-electron chi connectivity index (χ0n) is 7.91. The largest absolute Gasteiger partial charge is 0.478 e. The minimum atomic E-state index is -1.13. The molecule has 0 aromatic heterocycles. The SMILES string of the molecule is C=C(COCC(=C)C(=O)OC)C(=O)O. The van der Waals surface area contributed by atoms with Crippen molar-refractivity contribution in [3.05, 3.63) is 24.3 Å². The third-order valence-electron chi connectivity index (χ3n) is 1.33. The average molecular weight is 200 g/mol. The predicted molar refractivity (Wildman–Crippen MR) is 48.8 cm³/mol. The number of methoxy groups -OCH3 is 1. The summed E-state index contributed by atoms with van der Waals surface area (Å²) in [5.41, 5.74) is 0.0494. The minimum Gasteiger partial charge on any atom is -0.478 e. The van der Waals surface area contributed by atoms with E-state index in [1.54, 1.807) is 0 Å². The van der Waals surface area contributed by atoms with Gasteiger partial charge in [0.05, 0.1) is 31.5 Å². The van der Waals surface area contributed by atoms with Crippen LogP contribution in [0.5, 0.6) is 0 Å². The highest BCUT2D eigenvalue weighted by Crippen LogP contribution is 1.97. The molecule has 0 saturated carbocycles. The maximum atomic E-state index is 10.8. The van der Waals surface area contributed by atoms with Gasteiger partial charge in [0.1, 0.15) is 0 Å². The number of ether oxygens (including phenoxy) is 2. The van der Waals surface area contributed by atoms with Crippen LogP contribution in [-0.2, 0) is 19.1 Å². The highest BCUT2D eigenvalue weighted by atomic mass is 16.5. The molecule has 0 unspecified atom stereocenters. The third kappa shape index (κ3) is 4.42. The van der Waals surface area contributed by atoms with E-state index in [0.29, 0.717) is 0 Å². The minimum absolute atomic E-state index is 0.0705. The molecule has 0 aliphatic rings. The Morgan fingerprint density at radius 2 is 1.71 bits per heavy atom. The number of carbonyl (C=O) groups excluding carboxylic acids is 1. The molecule has 0 bridgehead atoms. The lowest BCUT2D eigenvalue weighted by atomic mass is 10.3. The Morgan fingerprint density at radius 3 is 2.14 bits per heavy atom. The number of carboxylic acid groups (broad SMARTS) is 1. The van der Waals surface area contributed by atoms with Gasteiger partial charge in [-0.25, -0.2) is 9.59 Å². The van der Waals surface area contributed by atoms with Gasteiger partial charge in [0.2, 0.25) is 0 Å². The van der Waals surface area contributed by atoms with E-state index >= 15 is 0 Å². The van der Waals surface area contributed by atoms with E-state index in [1.165, 1.54) is 7.11 Å². The van der Waals surface area contributed by atoms with Gasteiger partial charge in [-0.1, -0.05) is 13.2 Å². The molecular formula is C9H12O5. The summed E-state index contributed by atoms with van der Waals surface area (Å²) in [7, 11) is 1.23. The molecule has 0 heterocycles. The van der Waals surface area contributed by atoms with Gasteiger partial charge < -0.3 is 14.6 Å². The van der Waals surface area contributed by atoms with Crippen LogP contribution in [-0.4, -0.2) is 37.4 Å². The van der Waals surface area contributed by atoms with Gasteiger partial charge in [-0.3, -0.25) is 0 Å². The quantitative estimate of drug-likeness (QED) is 0.495. The van der Waals surface area contributed by atoms with E-state index in [-0.39, 0.29) is 24.4 Å². The van der Waals surface area contributed by atoms with Crippen molar-refractivity contribution >= 4 is 11.9 Å². The smallest absolute Gasteiger partial charge is 0.335 e. The lowest BCUT2D eigenvalue weighted by Gasteiger charge is -2.04. The number of hydrogen-bond donors (Lipinski definition) is 1. The Bertz CT molecular complexity index is 266. The van der Waals surface area contributed by atoms with E-state index < -0.39 is 11.9 Å². The van der Waals surface area contributed by atoms with E-state index in [9.17, 15) is 9.59 Å². The van der Waals surface area contributed by atoms with Gasteiger partial charge in [0.15, 0.2) is 0 Å². The fourth-order valence-electron chi connectivity index (χ4n) is 0.562. The van der Waals surface area contributed by atoms with Crippen LogP contribution < -0.4 is 0 Å². The van der Waals surface area contributed by atoms with Crippen LogP contribution >= 0.6 is 0 Å². The molecule has 0 radical (unpaired) electrons. The van der Waals surface area contributed by atoms with Crippen LogP contribution in [0.15, 0.2) is 24.3 Å². The van der Waals surface area contributed by atoms with Crippen LogP contribution in [0, 0.1) is 0 Å². The number of carboxylic acids is 1. The normalized spacial score (nSPS) is 9.21. The molecule has 0 aliphatic carbocycles. The van der Waals surface area contributed by atoms with Crippen molar-refractivity contribution < 1.29 is 24.2 Å². The molecule has 0 fully saturated rings. The summed E-state index contributed by atoms with van der Waals surface area (Å²) in [6, 6.07) is 0. The van der Waals surface area contributed by atoms with Gasteiger partial charge in [0, 0.05) is 0 Å². The molecule has 0 aromatic carbocycles. The van der Waals surface area contributed by atoms with Crippen LogP contribution in [0.1, 0.15) is 0 Å². The second-order valence-corrected chi connectivity index (χ2v) is 2.50. The number of esters is 1. The zero-order chi connectivity index (χ0) is 11.1. The maximum Gasteiger partial charge on any atom is 0.335 e. The number of aliphatic carboxylic acids is 1. The second kappa shape index (κ2) is 5.93. The summed E-state index contributed by atoms with van der Waals surface area (Å²) >= 11 is 0. The summed E-state index contributed by atoms with van der Waals surface area (Å²) in [4.78, 5) is 21.1. The van der Waals surface area contributed by atoms with Gasteiger partial charge in [-0.05, 0) is 0 Å². The fourth-order valence-corrected chi connectivity index (χ4v) is 0.562. The molecular weight excluding hydrogens is 188 g/mol. The van der Waals surface area contributed by atoms with Crippen molar-refractivity contribution in [3.8, 4) is 0 Å². The zero-order valence-corrected chi connectivity index (χ0v) is 7.91. The first-order valence-electron chi connectivity index (χ1n) is 3.74. The van der Waals surface area contributed by atoms with E-state index in [0.717, 1.165) is 0 Å². The van der Waals surface area contributed by atoms with Crippen LogP contribution in [0.25, 0.3) is 0 Å². The Hall–Kier alpha value is -1.62. The Morgan fingerprint density at radius 1 is 1.21 bits per heavy atom. The molecule has 1 N–H and O–H groups in total. The van der Waals surface area contributed by atoms with Crippen molar-refractivity contribution in [1.82, 2.24) is 0 Å². The summed E-state index contributed by atoms with van der Waals surface area (Å²) in [6.07, 6.45) is 0. The molecule has 0 spiro atoms. The van der Waals surface area contributed by atoms with Crippen LogP contribution in [0.4, 0.5) is 0 Å². The standard InChI is InChI=1S/C9H12O5/c1-6(8(10)11)4-14-5-7(2)9(12)13-3/h1-2,4-5H2,3H3,(H,10,11). The highest BCUT2D eigenvalue weighted by Gasteiger charge is 2.08. The topological polar surface area (TPSA) is 72.8 Å². The number of carbonyl (C=O) groups is 2. The summed E-state index contributed by atoms with van der Waals surface area (Å²) in [5, 5.41) is 8.41. The molecule has 0 aliphatic heterocycles. The first-order valence-corrected chi connectivity index (χ1v) is 3.74. The van der Waals surface area contributed by atoms with E-state index in [2.05, 4.69) is 17.9 Å². The van der Waals surface area contributed by atoms with Gasteiger partial charge in [0.25, 0.3) is 0 Å². The molecule has 0 saturated heterocycles. The monoisotopic (exact) mass is 200 g/mol. The van der Waals surface area contributed by atoms with Crippen molar-refractivity contribution in [2.45, 2.75) is 0 Å². The first kappa shape index (κ1) is 12.4. The lowest BCUT2D eigenvalue weighted by molar-refractivity contribution is -0.136. The van der Waals surface area contributed by atoms with E-state index in [4.69, 9.17) is 9.84 Å². The molecule has 0 rings (SSSR count). The third-order valence-corrected chi connectivity index (χ3v) is 1.33. The van der Waals surface area contributed by atoms with Gasteiger partial charge in [-0.15, -0.1) is 0 Å². The molecule has 0 amide bonds. The average Bonchev–Trinajstić information content (AvgIpc) is 2.15. The molecule has 0 atom stereocenters.